The number of aromatic nitrogens is 2. The van der Waals surface area contributed by atoms with Crippen LogP contribution in [0.4, 0.5) is 0 Å². The van der Waals surface area contributed by atoms with Gasteiger partial charge in [-0.15, -0.1) is 0 Å². The van der Waals surface area contributed by atoms with Crippen molar-refractivity contribution in [3.05, 3.63) is 30.1 Å². The number of hydrogen-bond donors (Lipinski definition) is 3. The summed E-state index contributed by atoms with van der Waals surface area (Å²) < 4.78 is 1.99. The van der Waals surface area contributed by atoms with Crippen LogP contribution in [0.2, 0.25) is 0 Å². The summed E-state index contributed by atoms with van der Waals surface area (Å²) in [6.07, 6.45) is 1.81. The standard InChI is InChI=1S/C12H18N4O/c1-16-8-15-11-4-9(2-3-12(11)16)5-14-6-10(13)7-17/h2-4,8,10,14,17H,5-7,13H2,1H3. The molecule has 0 spiro atoms. The van der Waals surface area contributed by atoms with Gasteiger partial charge in [-0.2, -0.15) is 0 Å². The van der Waals surface area contributed by atoms with Crippen molar-refractivity contribution in [1.82, 2.24) is 14.9 Å². The molecule has 4 N–H and O–H groups in total. The van der Waals surface area contributed by atoms with E-state index in [0.717, 1.165) is 17.6 Å². The fourth-order valence-corrected chi connectivity index (χ4v) is 1.76. The Morgan fingerprint density at radius 2 is 2.35 bits per heavy atom. The van der Waals surface area contributed by atoms with Crippen molar-refractivity contribution in [1.29, 1.82) is 0 Å². The first-order valence-electron chi connectivity index (χ1n) is 5.68. The minimum Gasteiger partial charge on any atom is -0.395 e. The Morgan fingerprint density at radius 3 is 3.12 bits per heavy atom. The average Bonchev–Trinajstić information content (AvgIpc) is 2.70. The van der Waals surface area contributed by atoms with Crippen LogP contribution in [0.25, 0.3) is 11.0 Å². The van der Waals surface area contributed by atoms with E-state index in [4.69, 9.17) is 10.8 Å². The molecule has 2 rings (SSSR count). The monoisotopic (exact) mass is 234 g/mol. The summed E-state index contributed by atoms with van der Waals surface area (Å²) in [5.74, 6) is 0. The lowest BCUT2D eigenvalue weighted by Crippen LogP contribution is -2.36. The second kappa shape index (κ2) is 5.27. The molecule has 0 aliphatic rings. The third kappa shape index (κ3) is 2.82. The molecule has 17 heavy (non-hydrogen) atoms. The van der Waals surface area contributed by atoms with Crippen LogP contribution in [-0.4, -0.2) is 33.9 Å². The quantitative estimate of drug-likeness (QED) is 0.679. The fraction of sp³-hybridized carbons (Fsp3) is 0.417. The summed E-state index contributed by atoms with van der Waals surface area (Å²) in [4.78, 5) is 4.31. The molecule has 92 valence electrons. The maximum Gasteiger partial charge on any atom is 0.0955 e. The Hall–Kier alpha value is -1.43. The van der Waals surface area contributed by atoms with Gasteiger partial charge >= 0.3 is 0 Å². The highest BCUT2D eigenvalue weighted by Crippen LogP contribution is 2.13. The van der Waals surface area contributed by atoms with Crippen LogP contribution in [0.3, 0.4) is 0 Å². The van der Waals surface area contributed by atoms with E-state index in [1.165, 1.54) is 5.56 Å². The number of fused-ring (bicyclic) bond motifs is 1. The van der Waals surface area contributed by atoms with E-state index in [-0.39, 0.29) is 12.6 Å². The van der Waals surface area contributed by atoms with Crippen molar-refractivity contribution in [3.63, 3.8) is 0 Å². The van der Waals surface area contributed by atoms with Crippen molar-refractivity contribution in [2.45, 2.75) is 12.6 Å². The lowest BCUT2D eigenvalue weighted by atomic mass is 10.2. The van der Waals surface area contributed by atoms with Gasteiger partial charge in [-0.25, -0.2) is 4.98 Å². The summed E-state index contributed by atoms with van der Waals surface area (Å²) in [5, 5.41) is 12.0. The number of aliphatic hydroxyl groups is 1. The number of nitrogens with two attached hydrogens (primary N) is 1. The van der Waals surface area contributed by atoms with Crippen LogP contribution in [0.5, 0.6) is 0 Å². The van der Waals surface area contributed by atoms with E-state index in [2.05, 4.69) is 28.5 Å². The number of imidazole rings is 1. The Balaban J connectivity index is 1.99. The molecule has 1 unspecified atom stereocenters. The van der Waals surface area contributed by atoms with Crippen LogP contribution in [0.15, 0.2) is 24.5 Å². The third-order valence-corrected chi connectivity index (χ3v) is 2.76. The van der Waals surface area contributed by atoms with E-state index in [9.17, 15) is 0 Å². The molecule has 1 heterocycles. The van der Waals surface area contributed by atoms with Gasteiger partial charge in [0.25, 0.3) is 0 Å². The van der Waals surface area contributed by atoms with Crippen LogP contribution < -0.4 is 11.1 Å². The molecule has 0 bridgehead atoms. The Kier molecular flexibility index (Phi) is 3.73. The smallest absolute Gasteiger partial charge is 0.0955 e. The topological polar surface area (TPSA) is 76.1 Å². The summed E-state index contributed by atoms with van der Waals surface area (Å²) in [5.41, 5.74) is 8.89. The van der Waals surface area contributed by atoms with Crippen molar-refractivity contribution in [2.75, 3.05) is 13.2 Å². The second-order valence-corrected chi connectivity index (χ2v) is 4.25. The van der Waals surface area contributed by atoms with E-state index in [1.807, 2.05) is 17.9 Å². The number of rotatable bonds is 5. The number of nitrogens with one attached hydrogen (secondary N) is 1. The second-order valence-electron chi connectivity index (χ2n) is 4.25. The minimum absolute atomic E-state index is 0.00623. The van der Waals surface area contributed by atoms with Gasteiger partial charge in [0.1, 0.15) is 0 Å². The van der Waals surface area contributed by atoms with Crippen molar-refractivity contribution in [3.8, 4) is 0 Å². The van der Waals surface area contributed by atoms with Gasteiger partial charge in [0.2, 0.25) is 0 Å². The highest BCUT2D eigenvalue weighted by molar-refractivity contribution is 5.75. The fourth-order valence-electron chi connectivity index (χ4n) is 1.76. The molecule has 5 heteroatoms. The number of nitrogens with zero attached hydrogens (tertiary/aromatic N) is 2. The lowest BCUT2D eigenvalue weighted by molar-refractivity contribution is 0.262. The summed E-state index contributed by atoms with van der Waals surface area (Å²) in [6, 6.07) is 5.99. The predicted octanol–water partition coefficient (Wildman–Crippen LogP) is -0.0175. The number of aliphatic hydroxyl groups excluding tert-OH is 1. The van der Waals surface area contributed by atoms with E-state index in [1.54, 1.807) is 0 Å². The Morgan fingerprint density at radius 1 is 1.53 bits per heavy atom. The summed E-state index contributed by atoms with van der Waals surface area (Å²) in [6.45, 7) is 1.35. The first-order valence-corrected chi connectivity index (χ1v) is 5.68. The Bertz CT molecular complexity index is 494. The molecule has 1 aromatic carbocycles. The van der Waals surface area contributed by atoms with Gasteiger partial charge < -0.3 is 20.7 Å². The lowest BCUT2D eigenvalue weighted by Gasteiger charge is -2.09. The first kappa shape index (κ1) is 12.0. The van der Waals surface area contributed by atoms with Gasteiger partial charge in [-0.3, -0.25) is 0 Å². The number of aryl methyl sites for hydroxylation is 1. The molecule has 0 aliphatic heterocycles. The molecule has 0 saturated heterocycles. The molecule has 5 nitrogen and oxygen atoms in total. The molecule has 2 aromatic rings. The highest BCUT2D eigenvalue weighted by atomic mass is 16.3. The number of hydrogen-bond acceptors (Lipinski definition) is 4. The minimum atomic E-state index is -0.200. The molecule has 0 amide bonds. The van der Waals surface area contributed by atoms with E-state index >= 15 is 0 Å². The molecule has 0 radical (unpaired) electrons. The SMILES string of the molecule is Cn1cnc2cc(CNCC(N)CO)ccc21. The zero-order valence-electron chi connectivity index (χ0n) is 9.93. The largest absolute Gasteiger partial charge is 0.395 e. The first-order chi connectivity index (χ1) is 8.20. The maximum atomic E-state index is 8.80. The zero-order valence-corrected chi connectivity index (χ0v) is 9.93. The maximum absolute atomic E-state index is 8.80. The Labute approximate surface area is 100 Å². The molecule has 1 aromatic heterocycles. The summed E-state index contributed by atoms with van der Waals surface area (Å²) in [7, 11) is 1.98. The van der Waals surface area contributed by atoms with Gasteiger partial charge in [-0.05, 0) is 17.7 Å². The van der Waals surface area contributed by atoms with Crippen LogP contribution in [-0.2, 0) is 13.6 Å². The van der Waals surface area contributed by atoms with Crippen LogP contribution >= 0.6 is 0 Å². The van der Waals surface area contributed by atoms with Crippen molar-refractivity contribution < 1.29 is 5.11 Å². The van der Waals surface area contributed by atoms with Gasteiger partial charge in [0.05, 0.1) is 24.0 Å². The number of benzene rings is 1. The molecule has 0 saturated carbocycles. The normalized spacial score (nSPS) is 13.1. The predicted molar refractivity (Wildman–Crippen MR) is 67.5 cm³/mol. The molecule has 0 aliphatic carbocycles. The zero-order chi connectivity index (χ0) is 12.3. The van der Waals surface area contributed by atoms with Gasteiger partial charge in [0.15, 0.2) is 0 Å². The van der Waals surface area contributed by atoms with Crippen LogP contribution in [0.1, 0.15) is 5.56 Å². The van der Waals surface area contributed by atoms with Crippen LogP contribution in [0, 0.1) is 0 Å². The van der Waals surface area contributed by atoms with Gasteiger partial charge in [0, 0.05) is 26.2 Å². The van der Waals surface area contributed by atoms with Gasteiger partial charge in [-0.1, -0.05) is 6.07 Å². The van der Waals surface area contributed by atoms with E-state index in [0.29, 0.717) is 6.54 Å². The summed E-state index contributed by atoms with van der Waals surface area (Å²) >= 11 is 0. The molecule has 1 atom stereocenters. The molecular formula is C12H18N4O. The molecule has 0 fully saturated rings. The van der Waals surface area contributed by atoms with Crippen molar-refractivity contribution in [2.24, 2.45) is 12.8 Å². The van der Waals surface area contributed by atoms with E-state index < -0.39 is 0 Å². The highest BCUT2D eigenvalue weighted by Gasteiger charge is 2.02. The molecular weight excluding hydrogens is 216 g/mol. The third-order valence-electron chi connectivity index (χ3n) is 2.76. The van der Waals surface area contributed by atoms with Crippen molar-refractivity contribution >= 4 is 11.0 Å². The average molecular weight is 234 g/mol.